The average molecular weight is 411 g/mol. The zero-order valence-electron chi connectivity index (χ0n) is 17.9. The van der Waals surface area contributed by atoms with Crippen molar-refractivity contribution in [1.29, 1.82) is 0 Å². The summed E-state index contributed by atoms with van der Waals surface area (Å²) in [4.78, 5) is 25.5. The minimum absolute atomic E-state index is 0.0616. The molecule has 2 N–H and O–H groups in total. The SMILES string of the molecule is CC[C@@H](Oc1ccc(C)c(C)c1)C(=O)Nc1ccccc1C(=O)NC[C@H]1CCCO1. The zero-order chi connectivity index (χ0) is 21.5. The molecule has 2 aromatic carbocycles. The Labute approximate surface area is 178 Å². The van der Waals surface area contributed by atoms with Gasteiger partial charge in [-0.15, -0.1) is 0 Å². The van der Waals surface area contributed by atoms with Crippen LogP contribution in [0.1, 0.15) is 47.7 Å². The summed E-state index contributed by atoms with van der Waals surface area (Å²) < 4.78 is 11.5. The van der Waals surface area contributed by atoms with Crippen LogP contribution in [0.5, 0.6) is 5.75 Å². The van der Waals surface area contributed by atoms with Crippen molar-refractivity contribution in [2.75, 3.05) is 18.5 Å². The molecule has 1 aliphatic rings. The van der Waals surface area contributed by atoms with Crippen LogP contribution in [-0.2, 0) is 9.53 Å². The number of rotatable bonds is 8. The Balaban J connectivity index is 1.65. The van der Waals surface area contributed by atoms with Crippen molar-refractivity contribution in [3.05, 3.63) is 59.2 Å². The lowest BCUT2D eigenvalue weighted by Crippen LogP contribution is -2.35. The molecular weight excluding hydrogens is 380 g/mol. The zero-order valence-corrected chi connectivity index (χ0v) is 17.9. The maximum Gasteiger partial charge on any atom is 0.265 e. The fourth-order valence-electron chi connectivity index (χ4n) is 3.38. The third-order valence-electron chi connectivity index (χ3n) is 5.36. The number of ether oxygens (including phenoxy) is 2. The molecule has 1 fully saturated rings. The lowest BCUT2D eigenvalue weighted by atomic mass is 10.1. The number of para-hydroxylation sites is 1. The van der Waals surface area contributed by atoms with Crippen molar-refractivity contribution in [1.82, 2.24) is 5.32 Å². The van der Waals surface area contributed by atoms with Crippen LogP contribution in [-0.4, -0.2) is 37.2 Å². The van der Waals surface area contributed by atoms with Crippen molar-refractivity contribution in [2.24, 2.45) is 0 Å². The van der Waals surface area contributed by atoms with Gasteiger partial charge in [0.15, 0.2) is 6.10 Å². The summed E-state index contributed by atoms with van der Waals surface area (Å²) in [6.07, 6.45) is 1.88. The highest BCUT2D eigenvalue weighted by molar-refractivity contribution is 6.04. The first kappa shape index (κ1) is 21.8. The number of aryl methyl sites for hydroxylation is 2. The first-order valence-electron chi connectivity index (χ1n) is 10.5. The first-order valence-corrected chi connectivity index (χ1v) is 10.5. The van der Waals surface area contributed by atoms with Crippen molar-refractivity contribution in [3.8, 4) is 5.75 Å². The second-order valence-corrected chi connectivity index (χ2v) is 7.64. The van der Waals surface area contributed by atoms with Gasteiger partial charge in [-0.1, -0.05) is 25.1 Å². The second-order valence-electron chi connectivity index (χ2n) is 7.64. The topological polar surface area (TPSA) is 76.7 Å². The molecular formula is C24H30N2O4. The van der Waals surface area contributed by atoms with E-state index < -0.39 is 6.10 Å². The first-order chi connectivity index (χ1) is 14.5. The van der Waals surface area contributed by atoms with E-state index in [0.29, 0.717) is 30.0 Å². The predicted octanol–water partition coefficient (Wildman–Crippen LogP) is 4.01. The lowest BCUT2D eigenvalue weighted by molar-refractivity contribution is -0.122. The fourth-order valence-corrected chi connectivity index (χ4v) is 3.38. The molecule has 1 aliphatic heterocycles. The normalized spacial score (nSPS) is 16.7. The molecule has 0 radical (unpaired) electrons. The van der Waals surface area contributed by atoms with Gasteiger partial charge in [-0.25, -0.2) is 0 Å². The highest BCUT2D eigenvalue weighted by Gasteiger charge is 2.22. The molecule has 6 nitrogen and oxygen atoms in total. The molecule has 0 aromatic heterocycles. The van der Waals surface area contributed by atoms with E-state index in [9.17, 15) is 9.59 Å². The van der Waals surface area contributed by atoms with Gasteiger partial charge in [-0.3, -0.25) is 9.59 Å². The third-order valence-corrected chi connectivity index (χ3v) is 5.36. The van der Waals surface area contributed by atoms with Crippen LogP contribution < -0.4 is 15.4 Å². The number of carbonyl (C=O) groups excluding carboxylic acids is 2. The Morgan fingerprint density at radius 2 is 1.97 bits per heavy atom. The summed E-state index contributed by atoms with van der Waals surface area (Å²) in [7, 11) is 0. The number of hydrogen-bond donors (Lipinski definition) is 2. The van der Waals surface area contributed by atoms with Crippen molar-refractivity contribution >= 4 is 17.5 Å². The average Bonchev–Trinajstić information content (AvgIpc) is 3.26. The van der Waals surface area contributed by atoms with E-state index in [4.69, 9.17) is 9.47 Å². The monoisotopic (exact) mass is 410 g/mol. The molecule has 6 heteroatoms. The molecule has 0 saturated carbocycles. The molecule has 0 spiro atoms. The van der Waals surface area contributed by atoms with Crippen LogP contribution >= 0.6 is 0 Å². The minimum Gasteiger partial charge on any atom is -0.481 e. The third kappa shape index (κ3) is 5.60. The molecule has 2 amide bonds. The molecule has 30 heavy (non-hydrogen) atoms. The number of benzene rings is 2. The molecule has 2 atom stereocenters. The van der Waals surface area contributed by atoms with Gasteiger partial charge < -0.3 is 20.1 Å². The van der Waals surface area contributed by atoms with Crippen LogP contribution in [0.2, 0.25) is 0 Å². The molecule has 1 heterocycles. The Hall–Kier alpha value is -2.86. The van der Waals surface area contributed by atoms with E-state index in [1.165, 1.54) is 5.56 Å². The predicted molar refractivity (Wildman–Crippen MR) is 117 cm³/mol. The Bertz CT molecular complexity index is 891. The maximum atomic E-state index is 12.9. The van der Waals surface area contributed by atoms with E-state index in [1.807, 2.05) is 39.0 Å². The smallest absolute Gasteiger partial charge is 0.265 e. The van der Waals surface area contributed by atoms with Crippen LogP contribution in [0.25, 0.3) is 0 Å². The lowest BCUT2D eigenvalue weighted by Gasteiger charge is -2.19. The van der Waals surface area contributed by atoms with Gasteiger partial charge in [0.25, 0.3) is 11.8 Å². The van der Waals surface area contributed by atoms with Gasteiger partial charge >= 0.3 is 0 Å². The fraction of sp³-hybridized carbons (Fsp3) is 0.417. The summed E-state index contributed by atoms with van der Waals surface area (Å²) in [5, 5.41) is 5.76. The van der Waals surface area contributed by atoms with Gasteiger partial charge in [0.05, 0.1) is 17.4 Å². The van der Waals surface area contributed by atoms with Gasteiger partial charge in [0.1, 0.15) is 5.75 Å². The molecule has 1 saturated heterocycles. The van der Waals surface area contributed by atoms with Gasteiger partial charge in [0, 0.05) is 13.2 Å². The van der Waals surface area contributed by atoms with Crippen LogP contribution in [0.15, 0.2) is 42.5 Å². The molecule has 3 rings (SSSR count). The molecule has 0 aliphatic carbocycles. The summed E-state index contributed by atoms with van der Waals surface area (Å²) in [5.74, 6) is 0.141. The van der Waals surface area contributed by atoms with Gasteiger partial charge in [-0.05, 0) is 68.5 Å². The number of anilines is 1. The van der Waals surface area contributed by atoms with Crippen LogP contribution in [0, 0.1) is 13.8 Å². The summed E-state index contributed by atoms with van der Waals surface area (Å²) >= 11 is 0. The molecule has 0 bridgehead atoms. The van der Waals surface area contributed by atoms with Crippen molar-refractivity contribution < 1.29 is 19.1 Å². The van der Waals surface area contributed by atoms with E-state index >= 15 is 0 Å². The van der Waals surface area contributed by atoms with E-state index in [1.54, 1.807) is 24.3 Å². The van der Waals surface area contributed by atoms with Crippen molar-refractivity contribution in [3.63, 3.8) is 0 Å². The number of amides is 2. The van der Waals surface area contributed by atoms with Crippen LogP contribution in [0.3, 0.4) is 0 Å². The standard InChI is InChI=1S/C24H30N2O4/c1-4-22(30-18-12-11-16(2)17(3)14-18)24(28)26-21-10-6-5-9-20(21)23(27)25-15-19-8-7-13-29-19/h5-6,9-12,14,19,22H,4,7-8,13,15H2,1-3H3,(H,25,27)(H,26,28)/t19-,22-/m1/s1. The largest absolute Gasteiger partial charge is 0.481 e. The van der Waals surface area contributed by atoms with E-state index in [2.05, 4.69) is 10.6 Å². The van der Waals surface area contributed by atoms with E-state index in [0.717, 1.165) is 25.0 Å². The summed E-state index contributed by atoms with van der Waals surface area (Å²) in [5.41, 5.74) is 3.16. The van der Waals surface area contributed by atoms with Gasteiger partial charge in [-0.2, -0.15) is 0 Å². The number of hydrogen-bond acceptors (Lipinski definition) is 4. The summed E-state index contributed by atoms with van der Waals surface area (Å²) in [6.45, 7) is 7.14. The van der Waals surface area contributed by atoms with Gasteiger partial charge in [0.2, 0.25) is 0 Å². The molecule has 160 valence electrons. The Morgan fingerprint density at radius 1 is 1.17 bits per heavy atom. The molecule has 2 aromatic rings. The number of carbonyl (C=O) groups is 2. The second kappa shape index (κ2) is 10.3. The highest BCUT2D eigenvalue weighted by Crippen LogP contribution is 2.21. The number of nitrogens with one attached hydrogen (secondary N) is 2. The summed E-state index contributed by atoms with van der Waals surface area (Å²) in [6, 6.07) is 12.8. The van der Waals surface area contributed by atoms with E-state index in [-0.39, 0.29) is 17.9 Å². The molecule has 0 unspecified atom stereocenters. The quantitative estimate of drug-likeness (QED) is 0.689. The maximum absolute atomic E-state index is 12.9. The van der Waals surface area contributed by atoms with Crippen molar-refractivity contribution in [2.45, 2.75) is 52.2 Å². The Morgan fingerprint density at radius 3 is 2.67 bits per heavy atom. The highest BCUT2D eigenvalue weighted by atomic mass is 16.5. The minimum atomic E-state index is -0.657. The Kier molecular flexibility index (Phi) is 7.46. The van der Waals surface area contributed by atoms with Crippen LogP contribution in [0.4, 0.5) is 5.69 Å².